The van der Waals surface area contributed by atoms with Crippen LogP contribution in [0.25, 0.3) is 0 Å². The van der Waals surface area contributed by atoms with E-state index in [-0.39, 0.29) is 0 Å². The smallest absolute Gasteiger partial charge is 0.120 e. The van der Waals surface area contributed by atoms with Gasteiger partial charge in [0.1, 0.15) is 18.1 Å². The van der Waals surface area contributed by atoms with Crippen LogP contribution in [0, 0.1) is 0 Å². The average molecular weight is 297 g/mol. The number of hydrogen-bond donors (Lipinski definition) is 1. The van der Waals surface area contributed by atoms with E-state index in [1.807, 2.05) is 48.5 Å². The molecule has 0 fully saturated rings. The fraction of sp³-hybridized carbons (Fsp3) is 0.263. The van der Waals surface area contributed by atoms with Gasteiger partial charge in [-0.2, -0.15) is 0 Å². The van der Waals surface area contributed by atoms with Gasteiger partial charge >= 0.3 is 0 Å². The molecule has 2 rings (SSSR count). The molecule has 0 radical (unpaired) electrons. The summed E-state index contributed by atoms with van der Waals surface area (Å²) in [5, 5.41) is 3.24. The maximum atomic E-state index is 5.74. The minimum Gasteiger partial charge on any atom is -0.494 e. The van der Waals surface area contributed by atoms with Crippen molar-refractivity contribution in [2.75, 3.05) is 19.7 Å². The highest BCUT2D eigenvalue weighted by Crippen LogP contribution is 2.18. The summed E-state index contributed by atoms with van der Waals surface area (Å²) in [6, 6.07) is 17.9. The van der Waals surface area contributed by atoms with Crippen LogP contribution in [0.3, 0.4) is 0 Å². The van der Waals surface area contributed by atoms with Crippen LogP contribution in [0.2, 0.25) is 0 Å². The van der Waals surface area contributed by atoms with Gasteiger partial charge in [0.05, 0.1) is 6.61 Å². The molecular formula is C19H23NO2. The van der Waals surface area contributed by atoms with Crippen LogP contribution in [0.15, 0.2) is 67.3 Å². The third-order valence-electron chi connectivity index (χ3n) is 3.13. The van der Waals surface area contributed by atoms with Gasteiger partial charge in [-0.25, -0.2) is 0 Å². The first-order chi connectivity index (χ1) is 10.9. The highest BCUT2D eigenvalue weighted by atomic mass is 16.5. The van der Waals surface area contributed by atoms with Crippen LogP contribution in [-0.4, -0.2) is 19.7 Å². The first kappa shape index (κ1) is 16.1. The minimum absolute atomic E-state index is 0.579. The highest BCUT2D eigenvalue weighted by Gasteiger charge is 1.98. The second-order valence-corrected chi connectivity index (χ2v) is 4.94. The molecule has 0 unspecified atom stereocenters. The van der Waals surface area contributed by atoms with Gasteiger partial charge in [0, 0.05) is 6.54 Å². The van der Waals surface area contributed by atoms with Crippen molar-refractivity contribution in [1.29, 1.82) is 0 Å². The third-order valence-corrected chi connectivity index (χ3v) is 3.13. The summed E-state index contributed by atoms with van der Waals surface area (Å²) in [5.74, 6) is 1.72. The van der Waals surface area contributed by atoms with Crippen molar-refractivity contribution in [3.05, 3.63) is 72.8 Å². The van der Waals surface area contributed by atoms with Gasteiger partial charge in [-0.3, -0.25) is 0 Å². The SMILES string of the molecule is C=CCNCCCOc1ccc(OCc2ccccc2)cc1. The van der Waals surface area contributed by atoms with E-state index in [0.29, 0.717) is 13.2 Å². The Bertz CT molecular complexity index is 537. The molecule has 0 bridgehead atoms. The van der Waals surface area contributed by atoms with Crippen molar-refractivity contribution in [3.8, 4) is 11.5 Å². The van der Waals surface area contributed by atoms with Gasteiger partial charge in [0.25, 0.3) is 0 Å². The van der Waals surface area contributed by atoms with E-state index in [9.17, 15) is 0 Å². The minimum atomic E-state index is 0.579. The molecule has 0 saturated heterocycles. The van der Waals surface area contributed by atoms with Crippen LogP contribution < -0.4 is 14.8 Å². The van der Waals surface area contributed by atoms with E-state index in [0.717, 1.165) is 36.6 Å². The van der Waals surface area contributed by atoms with Crippen LogP contribution in [0.5, 0.6) is 11.5 Å². The zero-order valence-electron chi connectivity index (χ0n) is 12.8. The molecule has 0 aliphatic rings. The van der Waals surface area contributed by atoms with Crippen LogP contribution in [0.4, 0.5) is 0 Å². The van der Waals surface area contributed by atoms with Crippen molar-refractivity contribution in [1.82, 2.24) is 5.32 Å². The summed E-state index contributed by atoms with van der Waals surface area (Å²) in [6.07, 6.45) is 2.83. The maximum Gasteiger partial charge on any atom is 0.120 e. The molecule has 0 atom stereocenters. The predicted molar refractivity (Wildman–Crippen MR) is 90.4 cm³/mol. The predicted octanol–water partition coefficient (Wildman–Crippen LogP) is 3.81. The van der Waals surface area contributed by atoms with Crippen LogP contribution >= 0.6 is 0 Å². The summed E-state index contributed by atoms with van der Waals surface area (Å²) in [5.41, 5.74) is 1.16. The Morgan fingerprint density at radius 3 is 2.27 bits per heavy atom. The van der Waals surface area contributed by atoms with E-state index < -0.39 is 0 Å². The standard InChI is InChI=1S/C19H23NO2/c1-2-13-20-14-6-15-21-18-9-11-19(12-10-18)22-16-17-7-4-3-5-8-17/h2-5,7-12,20H,1,6,13-16H2. The Morgan fingerprint density at radius 2 is 1.59 bits per heavy atom. The monoisotopic (exact) mass is 297 g/mol. The van der Waals surface area contributed by atoms with E-state index in [2.05, 4.69) is 24.0 Å². The van der Waals surface area contributed by atoms with Gasteiger partial charge in [-0.1, -0.05) is 36.4 Å². The molecule has 1 N–H and O–H groups in total. The molecule has 0 aliphatic heterocycles. The summed E-state index contributed by atoms with van der Waals surface area (Å²) in [4.78, 5) is 0. The van der Waals surface area contributed by atoms with Crippen LogP contribution in [-0.2, 0) is 6.61 Å². The summed E-state index contributed by atoms with van der Waals surface area (Å²) < 4.78 is 11.4. The Balaban J connectivity index is 1.68. The Hall–Kier alpha value is -2.26. The van der Waals surface area contributed by atoms with Gasteiger partial charge in [0.2, 0.25) is 0 Å². The molecule has 2 aromatic carbocycles. The summed E-state index contributed by atoms with van der Waals surface area (Å²) in [6.45, 7) is 6.72. The number of nitrogens with one attached hydrogen (secondary N) is 1. The van der Waals surface area contributed by atoms with Gasteiger partial charge in [-0.05, 0) is 42.8 Å². The molecule has 22 heavy (non-hydrogen) atoms. The average Bonchev–Trinajstić information content (AvgIpc) is 2.58. The fourth-order valence-electron chi connectivity index (χ4n) is 1.96. The molecule has 2 aromatic rings. The normalized spacial score (nSPS) is 10.2. The largest absolute Gasteiger partial charge is 0.494 e. The van der Waals surface area contributed by atoms with Crippen molar-refractivity contribution in [2.45, 2.75) is 13.0 Å². The lowest BCUT2D eigenvalue weighted by Gasteiger charge is -2.09. The summed E-state index contributed by atoms with van der Waals surface area (Å²) in [7, 11) is 0. The van der Waals surface area contributed by atoms with Crippen LogP contribution in [0.1, 0.15) is 12.0 Å². The molecule has 0 saturated carbocycles. The Kier molecular flexibility index (Phi) is 7.06. The van der Waals surface area contributed by atoms with Gasteiger partial charge in [0.15, 0.2) is 0 Å². The molecular weight excluding hydrogens is 274 g/mol. The number of rotatable bonds is 10. The molecule has 0 amide bonds. The second-order valence-electron chi connectivity index (χ2n) is 4.94. The highest BCUT2D eigenvalue weighted by molar-refractivity contribution is 5.31. The third kappa shape index (κ3) is 6.02. The van der Waals surface area contributed by atoms with Gasteiger partial charge in [-0.15, -0.1) is 6.58 Å². The molecule has 3 heteroatoms. The Labute approximate surface area is 132 Å². The van der Waals surface area contributed by atoms with E-state index >= 15 is 0 Å². The van der Waals surface area contributed by atoms with Crippen molar-refractivity contribution in [3.63, 3.8) is 0 Å². The first-order valence-electron chi connectivity index (χ1n) is 7.59. The number of ether oxygens (including phenoxy) is 2. The Morgan fingerprint density at radius 1 is 0.909 bits per heavy atom. The lowest BCUT2D eigenvalue weighted by molar-refractivity contribution is 0.299. The van der Waals surface area contributed by atoms with E-state index in [4.69, 9.17) is 9.47 Å². The molecule has 0 spiro atoms. The zero-order chi connectivity index (χ0) is 15.5. The topological polar surface area (TPSA) is 30.5 Å². The molecule has 0 heterocycles. The zero-order valence-corrected chi connectivity index (χ0v) is 12.8. The van der Waals surface area contributed by atoms with Crippen molar-refractivity contribution >= 4 is 0 Å². The number of benzene rings is 2. The maximum absolute atomic E-state index is 5.74. The lowest BCUT2D eigenvalue weighted by atomic mass is 10.2. The second kappa shape index (κ2) is 9.64. The number of hydrogen-bond acceptors (Lipinski definition) is 3. The molecule has 0 aliphatic carbocycles. The fourth-order valence-corrected chi connectivity index (χ4v) is 1.96. The molecule has 3 nitrogen and oxygen atoms in total. The molecule has 0 aromatic heterocycles. The van der Waals surface area contributed by atoms with E-state index in [1.165, 1.54) is 0 Å². The van der Waals surface area contributed by atoms with Gasteiger partial charge < -0.3 is 14.8 Å². The van der Waals surface area contributed by atoms with Crippen molar-refractivity contribution in [2.24, 2.45) is 0 Å². The summed E-state index contributed by atoms with van der Waals surface area (Å²) >= 11 is 0. The van der Waals surface area contributed by atoms with E-state index in [1.54, 1.807) is 0 Å². The molecule has 116 valence electrons. The van der Waals surface area contributed by atoms with Crippen molar-refractivity contribution < 1.29 is 9.47 Å². The first-order valence-corrected chi connectivity index (χ1v) is 7.59. The quantitative estimate of drug-likeness (QED) is 0.534. The lowest BCUT2D eigenvalue weighted by Crippen LogP contribution is -2.17.